The van der Waals surface area contributed by atoms with Gasteiger partial charge < -0.3 is 10.6 Å². The summed E-state index contributed by atoms with van der Waals surface area (Å²) in [4.78, 5) is 24.3. The predicted octanol–water partition coefficient (Wildman–Crippen LogP) is 4.91. The van der Waals surface area contributed by atoms with Crippen molar-refractivity contribution in [1.29, 1.82) is 0 Å². The number of carbonyl (C=O) groups is 2. The molecule has 3 aromatic rings. The van der Waals surface area contributed by atoms with E-state index in [-0.39, 0.29) is 27.1 Å². The molecule has 0 heterocycles. The van der Waals surface area contributed by atoms with Crippen molar-refractivity contribution < 1.29 is 22.4 Å². The molecule has 3 rings (SSSR count). The van der Waals surface area contributed by atoms with Crippen LogP contribution in [0.1, 0.15) is 23.7 Å². The van der Waals surface area contributed by atoms with Gasteiger partial charge in [0.1, 0.15) is 5.82 Å². The first-order valence-electron chi connectivity index (χ1n) is 9.87. The Balaban J connectivity index is 1.86. The van der Waals surface area contributed by atoms with Crippen LogP contribution in [0.2, 0.25) is 5.02 Å². The maximum Gasteiger partial charge on any atom is 0.264 e. The molecule has 0 spiro atoms. The molecule has 0 aromatic heterocycles. The molecule has 0 fully saturated rings. The van der Waals surface area contributed by atoms with Gasteiger partial charge in [-0.05, 0) is 60.7 Å². The summed E-state index contributed by atoms with van der Waals surface area (Å²) in [5.41, 5.74) is 1.10. The van der Waals surface area contributed by atoms with Crippen LogP contribution in [0, 0.1) is 5.82 Å². The van der Waals surface area contributed by atoms with Crippen LogP contribution in [0.15, 0.2) is 71.6 Å². The third-order valence-electron chi connectivity index (χ3n) is 4.76. The van der Waals surface area contributed by atoms with Crippen molar-refractivity contribution in [1.82, 2.24) is 0 Å². The fraction of sp³-hybridized carbons (Fsp3) is 0.130. The summed E-state index contributed by atoms with van der Waals surface area (Å²) in [7, 11) is -2.72. The molecule has 172 valence electrons. The van der Waals surface area contributed by atoms with E-state index in [1.165, 1.54) is 37.4 Å². The van der Waals surface area contributed by atoms with E-state index in [1.54, 1.807) is 31.2 Å². The van der Waals surface area contributed by atoms with Crippen molar-refractivity contribution in [3.05, 3.63) is 83.1 Å². The first kappa shape index (κ1) is 24.2. The van der Waals surface area contributed by atoms with Crippen LogP contribution in [-0.2, 0) is 14.8 Å². The highest BCUT2D eigenvalue weighted by atomic mass is 35.5. The fourth-order valence-electron chi connectivity index (χ4n) is 2.91. The number of halogens is 2. The van der Waals surface area contributed by atoms with Crippen LogP contribution in [0.5, 0.6) is 0 Å². The molecule has 7 nitrogen and oxygen atoms in total. The lowest BCUT2D eigenvalue weighted by Gasteiger charge is -2.20. The monoisotopic (exact) mass is 489 g/mol. The molecular weight excluding hydrogens is 469 g/mol. The second-order valence-corrected chi connectivity index (χ2v) is 9.40. The van der Waals surface area contributed by atoms with E-state index in [1.807, 2.05) is 0 Å². The molecule has 3 aromatic carbocycles. The summed E-state index contributed by atoms with van der Waals surface area (Å²) >= 11 is 6.17. The van der Waals surface area contributed by atoms with Crippen LogP contribution < -0.4 is 14.9 Å². The smallest absolute Gasteiger partial charge is 0.264 e. The Labute approximate surface area is 196 Å². The van der Waals surface area contributed by atoms with E-state index >= 15 is 0 Å². The highest BCUT2D eigenvalue weighted by molar-refractivity contribution is 7.92. The summed E-state index contributed by atoms with van der Waals surface area (Å²) in [6.07, 6.45) is 0.305. The van der Waals surface area contributed by atoms with Crippen molar-refractivity contribution in [2.45, 2.75) is 18.2 Å². The Morgan fingerprint density at radius 3 is 2.24 bits per heavy atom. The first-order chi connectivity index (χ1) is 15.6. The van der Waals surface area contributed by atoms with Crippen molar-refractivity contribution in [2.24, 2.45) is 0 Å². The normalized spacial score (nSPS) is 11.0. The average Bonchev–Trinajstić information content (AvgIpc) is 2.79. The second kappa shape index (κ2) is 10.0. The zero-order chi connectivity index (χ0) is 24.2. The van der Waals surface area contributed by atoms with E-state index in [0.717, 1.165) is 16.4 Å². The molecule has 2 N–H and O–H groups in total. The summed E-state index contributed by atoms with van der Waals surface area (Å²) in [6.45, 7) is 1.72. The van der Waals surface area contributed by atoms with Crippen LogP contribution in [0.25, 0.3) is 0 Å². The Morgan fingerprint density at radius 2 is 1.61 bits per heavy atom. The molecule has 0 radical (unpaired) electrons. The zero-order valence-electron chi connectivity index (χ0n) is 17.8. The number of carbonyl (C=O) groups excluding carboxylic acids is 2. The van der Waals surface area contributed by atoms with Gasteiger partial charge in [0.15, 0.2) is 0 Å². The SMILES string of the molecule is CCC(=O)Nc1cccc(NC(=O)c2cc(S(=O)(=O)N(C)c3ccc(F)cc3)ccc2Cl)c1. The molecule has 0 saturated heterocycles. The van der Waals surface area contributed by atoms with Crippen molar-refractivity contribution in [3.63, 3.8) is 0 Å². The molecule has 0 atom stereocenters. The standard InChI is InChI=1S/C23H21ClFN3O4S/c1-3-22(29)26-16-5-4-6-17(13-16)27-23(30)20-14-19(11-12-21(20)24)33(31,32)28(2)18-9-7-15(25)8-10-18/h4-14H,3H2,1-2H3,(H,26,29)(H,27,30). The van der Waals surface area contributed by atoms with E-state index in [0.29, 0.717) is 17.8 Å². The number of rotatable bonds is 7. The number of benzene rings is 3. The van der Waals surface area contributed by atoms with Gasteiger partial charge in [0.05, 0.1) is 21.2 Å². The number of amides is 2. The predicted molar refractivity (Wildman–Crippen MR) is 127 cm³/mol. The van der Waals surface area contributed by atoms with E-state index in [9.17, 15) is 22.4 Å². The quantitative estimate of drug-likeness (QED) is 0.493. The van der Waals surface area contributed by atoms with Gasteiger partial charge in [-0.15, -0.1) is 0 Å². The lowest BCUT2D eigenvalue weighted by molar-refractivity contribution is -0.115. The molecule has 0 aliphatic heterocycles. The molecule has 0 saturated carbocycles. The number of nitrogens with zero attached hydrogens (tertiary/aromatic N) is 1. The van der Waals surface area contributed by atoms with Gasteiger partial charge in [-0.3, -0.25) is 13.9 Å². The number of hydrogen-bond donors (Lipinski definition) is 2. The second-order valence-electron chi connectivity index (χ2n) is 7.03. The van der Waals surface area contributed by atoms with Gasteiger partial charge >= 0.3 is 0 Å². The van der Waals surface area contributed by atoms with Gasteiger partial charge in [-0.1, -0.05) is 24.6 Å². The van der Waals surface area contributed by atoms with E-state index in [4.69, 9.17) is 11.6 Å². The topological polar surface area (TPSA) is 95.6 Å². The third kappa shape index (κ3) is 5.68. The van der Waals surface area contributed by atoms with Crippen LogP contribution in [-0.4, -0.2) is 27.3 Å². The fourth-order valence-corrected chi connectivity index (χ4v) is 4.33. The van der Waals surface area contributed by atoms with E-state index < -0.39 is 21.7 Å². The minimum atomic E-state index is -4.05. The third-order valence-corrected chi connectivity index (χ3v) is 6.87. The lowest BCUT2D eigenvalue weighted by atomic mass is 10.2. The number of anilines is 3. The van der Waals surface area contributed by atoms with Crippen molar-refractivity contribution >= 4 is 50.5 Å². The van der Waals surface area contributed by atoms with Gasteiger partial charge in [-0.25, -0.2) is 12.8 Å². The number of nitrogens with one attached hydrogen (secondary N) is 2. The summed E-state index contributed by atoms with van der Waals surface area (Å²) < 4.78 is 40.3. The van der Waals surface area contributed by atoms with E-state index in [2.05, 4.69) is 10.6 Å². The molecular formula is C23H21ClFN3O4S. The van der Waals surface area contributed by atoms with Crippen LogP contribution in [0.4, 0.5) is 21.5 Å². The highest BCUT2D eigenvalue weighted by Crippen LogP contribution is 2.27. The van der Waals surface area contributed by atoms with Gasteiger partial charge in [0.25, 0.3) is 15.9 Å². The Bertz CT molecular complexity index is 1300. The van der Waals surface area contributed by atoms with Gasteiger partial charge in [0.2, 0.25) is 5.91 Å². The average molecular weight is 490 g/mol. The largest absolute Gasteiger partial charge is 0.326 e. The minimum Gasteiger partial charge on any atom is -0.326 e. The zero-order valence-corrected chi connectivity index (χ0v) is 19.4. The van der Waals surface area contributed by atoms with Gasteiger partial charge in [0, 0.05) is 24.8 Å². The van der Waals surface area contributed by atoms with Crippen LogP contribution in [0.3, 0.4) is 0 Å². The van der Waals surface area contributed by atoms with Crippen molar-refractivity contribution in [2.75, 3.05) is 22.0 Å². The molecule has 33 heavy (non-hydrogen) atoms. The Hall–Kier alpha value is -3.43. The van der Waals surface area contributed by atoms with Gasteiger partial charge in [-0.2, -0.15) is 0 Å². The summed E-state index contributed by atoms with van der Waals surface area (Å²) in [5.74, 6) is -1.29. The molecule has 10 heteroatoms. The molecule has 0 aliphatic rings. The maximum atomic E-state index is 13.2. The first-order valence-corrected chi connectivity index (χ1v) is 11.7. The lowest BCUT2D eigenvalue weighted by Crippen LogP contribution is -2.27. The maximum absolute atomic E-state index is 13.2. The Kier molecular flexibility index (Phi) is 7.35. The number of hydrogen-bond acceptors (Lipinski definition) is 4. The summed E-state index contributed by atoms with van der Waals surface area (Å²) in [6, 6.07) is 15.3. The molecule has 0 unspecified atom stereocenters. The Morgan fingerprint density at radius 1 is 0.970 bits per heavy atom. The molecule has 0 bridgehead atoms. The minimum absolute atomic E-state index is 0.0479. The molecule has 2 amide bonds. The van der Waals surface area contributed by atoms with Crippen molar-refractivity contribution in [3.8, 4) is 0 Å². The summed E-state index contributed by atoms with van der Waals surface area (Å²) in [5, 5.41) is 5.41. The van der Waals surface area contributed by atoms with Crippen LogP contribution >= 0.6 is 11.6 Å². The highest BCUT2D eigenvalue weighted by Gasteiger charge is 2.24. The number of sulfonamides is 1. The molecule has 0 aliphatic carbocycles.